The molecule has 1 N–H and O–H groups in total. The van der Waals surface area contributed by atoms with E-state index < -0.39 is 5.41 Å². The predicted molar refractivity (Wildman–Crippen MR) is 93.5 cm³/mol. The summed E-state index contributed by atoms with van der Waals surface area (Å²) in [6.45, 7) is 5.07. The zero-order valence-corrected chi connectivity index (χ0v) is 14.9. The van der Waals surface area contributed by atoms with Gasteiger partial charge in [-0.25, -0.2) is 0 Å². The summed E-state index contributed by atoms with van der Waals surface area (Å²) in [6.07, 6.45) is 0.795. The summed E-state index contributed by atoms with van der Waals surface area (Å²) in [5.41, 5.74) is 3.01. The highest BCUT2D eigenvalue weighted by Gasteiger charge is 2.51. The molecule has 5 nitrogen and oxygen atoms in total. The van der Waals surface area contributed by atoms with E-state index >= 15 is 0 Å². The third-order valence-corrected chi connectivity index (χ3v) is 5.70. The maximum atomic E-state index is 12.4. The Bertz CT molecular complexity index is 683. The summed E-state index contributed by atoms with van der Waals surface area (Å²) in [4.78, 5) is 37.5. The van der Waals surface area contributed by atoms with Crippen molar-refractivity contribution < 1.29 is 14.4 Å². The largest absolute Gasteiger partial charge is 0.341 e. The standard InChI is InChI=1S/C18H22N2O3S/c1-12-5-13(2)7-14(6-12)9-24-10-16(22)20-4-3-18(11-20)8-15(21)19-17(18)23/h5-7H,3-4,8-11H2,1-2H3,(H,19,21,23)/t18-/m0/s1. The Morgan fingerprint density at radius 1 is 1.25 bits per heavy atom. The van der Waals surface area contributed by atoms with Crippen molar-refractivity contribution >= 4 is 29.5 Å². The topological polar surface area (TPSA) is 66.5 Å². The zero-order chi connectivity index (χ0) is 17.3. The number of aryl methyl sites for hydroxylation is 2. The van der Waals surface area contributed by atoms with E-state index in [2.05, 4.69) is 37.4 Å². The predicted octanol–water partition coefficient (Wildman–Crippen LogP) is 1.80. The maximum absolute atomic E-state index is 12.4. The van der Waals surface area contributed by atoms with Crippen LogP contribution in [0.3, 0.4) is 0 Å². The first-order valence-corrected chi connectivity index (χ1v) is 9.30. The van der Waals surface area contributed by atoms with Crippen molar-refractivity contribution in [3.05, 3.63) is 34.9 Å². The number of thioether (sulfide) groups is 1. The Hall–Kier alpha value is -1.82. The van der Waals surface area contributed by atoms with E-state index in [9.17, 15) is 14.4 Å². The lowest BCUT2D eigenvalue weighted by molar-refractivity contribution is -0.129. The lowest BCUT2D eigenvalue weighted by Gasteiger charge is -2.20. The van der Waals surface area contributed by atoms with Gasteiger partial charge >= 0.3 is 0 Å². The van der Waals surface area contributed by atoms with E-state index in [1.54, 1.807) is 16.7 Å². The molecular weight excluding hydrogens is 324 g/mol. The first kappa shape index (κ1) is 17.0. The lowest BCUT2D eigenvalue weighted by atomic mass is 9.85. The van der Waals surface area contributed by atoms with Crippen LogP contribution in [0.25, 0.3) is 0 Å². The van der Waals surface area contributed by atoms with Gasteiger partial charge in [0.15, 0.2) is 0 Å². The van der Waals surface area contributed by atoms with Crippen LogP contribution in [0.1, 0.15) is 29.5 Å². The molecule has 2 aliphatic rings. The number of amides is 3. The third kappa shape index (κ3) is 3.48. The second-order valence-corrected chi connectivity index (χ2v) is 7.87. The van der Waals surface area contributed by atoms with Crippen LogP contribution in [0.15, 0.2) is 18.2 Å². The van der Waals surface area contributed by atoms with Gasteiger partial charge in [-0.05, 0) is 25.8 Å². The van der Waals surface area contributed by atoms with Crippen molar-refractivity contribution in [1.82, 2.24) is 10.2 Å². The van der Waals surface area contributed by atoms with Gasteiger partial charge in [0.1, 0.15) is 0 Å². The third-order valence-electron chi connectivity index (χ3n) is 4.72. The quantitative estimate of drug-likeness (QED) is 0.845. The normalized spacial score (nSPS) is 23.2. The molecule has 0 saturated carbocycles. The van der Waals surface area contributed by atoms with Gasteiger partial charge in [-0.3, -0.25) is 19.7 Å². The average Bonchev–Trinajstić information content (AvgIpc) is 3.02. The van der Waals surface area contributed by atoms with Gasteiger partial charge in [0.05, 0.1) is 11.2 Å². The SMILES string of the molecule is Cc1cc(C)cc(CSCC(=O)N2CC[C@]3(CC(=O)NC3=O)C2)c1. The van der Waals surface area contributed by atoms with Crippen molar-refractivity contribution in [2.75, 3.05) is 18.8 Å². The van der Waals surface area contributed by atoms with Crippen LogP contribution in [-0.2, 0) is 20.1 Å². The fourth-order valence-electron chi connectivity index (χ4n) is 3.61. The Morgan fingerprint density at radius 3 is 2.58 bits per heavy atom. The number of hydrogen-bond acceptors (Lipinski definition) is 4. The minimum Gasteiger partial charge on any atom is -0.341 e. The molecule has 0 aromatic heterocycles. The van der Waals surface area contributed by atoms with Crippen LogP contribution >= 0.6 is 11.8 Å². The van der Waals surface area contributed by atoms with Crippen molar-refractivity contribution in [3.8, 4) is 0 Å². The van der Waals surface area contributed by atoms with E-state index in [1.165, 1.54) is 16.7 Å². The summed E-state index contributed by atoms with van der Waals surface area (Å²) in [5.74, 6) is 0.808. The molecule has 0 radical (unpaired) electrons. The summed E-state index contributed by atoms with van der Waals surface area (Å²) >= 11 is 1.59. The molecule has 3 amide bonds. The van der Waals surface area contributed by atoms with Gasteiger partial charge in [-0.2, -0.15) is 0 Å². The number of hydrogen-bond donors (Lipinski definition) is 1. The highest BCUT2D eigenvalue weighted by molar-refractivity contribution is 7.99. The molecule has 1 atom stereocenters. The second kappa shape index (κ2) is 6.59. The Labute approximate surface area is 146 Å². The van der Waals surface area contributed by atoms with Crippen LogP contribution in [0.2, 0.25) is 0 Å². The molecule has 0 unspecified atom stereocenters. The molecule has 0 bridgehead atoms. The molecule has 2 fully saturated rings. The highest BCUT2D eigenvalue weighted by atomic mass is 32.2. The van der Waals surface area contributed by atoms with Crippen molar-refractivity contribution in [2.45, 2.75) is 32.4 Å². The summed E-state index contributed by atoms with van der Waals surface area (Å²) in [5, 5.41) is 2.36. The fourth-order valence-corrected chi connectivity index (χ4v) is 4.47. The number of benzene rings is 1. The molecule has 1 aromatic carbocycles. The maximum Gasteiger partial charge on any atom is 0.235 e. The monoisotopic (exact) mass is 346 g/mol. The van der Waals surface area contributed by atoms with Gasteiger partial charge in [0, 0.05) is 25.3 Å². The fraction of sp³-hybridized carbons (Fsp3) is 0.500. The zero-order valence-electron chi connectivity index (χ0n) is 14.1. The lowest BCUT2D eigenvalue weighted by Crippen LogP contribution is -2.37. The number of imide groups is 1. The van der Waals surface area contributed by atoms with Gasteiger partial charge in [-0.15, -0.1) is 11.8 Å². The van der Waals surface area contributed by atoms with Crippen LogP contribution in [0.5, 0.6) is 0 Å². The average molecular weight is 346 g/mol. The number of likely N-dealkylation sites (tertiary alicyclic amines) is 1. The number of carbonyl (C=O) groups is 3. The molecular formula is C18H22N2O3S. The van der Waals surface area contributed by atoms with Gasteiger partial charge in [0.25, 0.3) is 0 Å². The van der Waals surface area contributed by atoms with Crippen LogP contribution < -0.4 is 5.32 Å². The van der Waals surface area contributed by atoms with Crippen molar-refractivity contribution in [3.63, 3.8) is 0 Å². The van der Waals surface area contributed by atoms with Crippen LogP contribution in [-0.4, -0.2) is 41.5 Å². The van der Waals surface area contributed by atoms with E-state index in [0.717, 1.165) is 5.75 Å². The van der Waals surface area contributed by atoms with E-state index in [4.69, 9.17) is 0 Å². The van der Waals surface area contributed by atoms with Crippen LogP contribution in [0, 0.1) is 19.3 Å². The van der Waals surface area contributed by atoms with Gasteiger partial charge in [0.2, 0.25) is 17.7 Å². The smallest absolute Gasteiger partial charge is 0.235 e. The number of carbonyl (C=O) groups excluding carboxylic acids is 3. The van der Waals surface area contributed by atoms with E-state index in [1.807, 2.05) is 0 Å². The minimum absolute atomic E-state index is 0.0494. The number of nitrogens with zero attached hydrogens (tertiary/aromatic N) is 1. The molecule has 0 aliphatic carbocycles. The number of nitrogens with one attached hydrogen (secondary N) is 1. The Kier molecular flexibility index (Phi) is 4.67. The molecule has 2 saturated heterocycles. The second-order valence-electron chi connectivity index (χ2n) is 6.89. The highest BCUT2D eigenvalue weighted by Crippen LogP contribution is 2.37. The first-order valence-electron chi connectivity index (χ1n) is 8.15. The molecule has 2 aliphatic heterocycles. The van der Waals surface area contributed by atoms with Gasteiger partial charge < -0.3 is 4.90 Å². The van der Waals surface area contributed by atoms with Crippen molar-refractivity contribution in [1.29, 1.82) is 0 Å². The molecule has 24 heavy (non-hydrogen) atoms. The number of rotatable bonds is 4. The summed E-state index contributed by atoms with van der Waals surface area (Å²) in [6, 6.07) is 6.42. The minimum atomic E-state index is -0.676. The first-order chi connectivity index (χ1) is 11.4. The Morgan fingerprint density at radius 2 is 1.96 bits per heavy atom. The molecule has 1 spiro atoms. The van der Waals surface area contributed by atoms with Gasteiger partial charge in [-0.1, -0.05) is 29.3 Å². The Balaban J connectivity index is 1.51. The molecule has 1 aromatic rings. The van der Waals surface area contributed by atoms with E-state index in [-0.39, 0.29) is 24.1 Å². The van der Waals surface area contributed by atoms with Crippen molar-refractivity contribution in [2.24, 2.45) is 5.41 Å². The molecule has 2 heterocycles. The molecule has 3 rings (SSSR count). The summed E-state index contributed by atoms with van der Waals surface area (Å²) in [7, 11) is 0. The van der Waals surface area contributed by atoms with E-state index in [0.29, 0.717) is 25.3 Å². The molecule has 128 valence electrons. The summed E-state index contributed by atoms with van der Waals surface area (Å²) < 4.78 is 0. The van der Waals surface area contributed by atoms with Crippen LogP contribution in [0.4, 0.5) is 0 Å². The molecule has 6 heteroatoms.